The summed E-state index contributed by atoms with van der Waals surface area (Å²) < 4.78 is 1.71. The zero-order valence-electron chi connectivity index (χ0n) is 22.0. The molecule has 38 heavy (non-hydrogen) atoms. The van der Waals surface area contributed by atoms with Gasteiger partial charge in [-0.15, -0.1) is 0 Å². The maximum absolute atomic E-state index is 13.2. The van der Waals surface area contributed by atoms with Crippen LogP contribution in [0.2, 0.25) is 0 Å². The van der Waals surface area contributed by atoms with Crippen molar-refractivity contribution < 1.29 is 9.90 Å². The van der Waals surface area contributed by atoms with Crippen molar-refractivity contribution in [3.63, 3.8) is 0 Å². The highest BCUT2D eigenvalue weighted by Crippen LogP contribution is 2.18. The summed E-state index contributed by atoms with van der Waals surface area (Å²) in [5.41, 5.74) is 7.50. The van der Waals surface area contributed by atoms with E-state index in [2.05, 4.69) is 56.8 Å². The van der Waals surface area contributed by atoms with Crippen molar-refractivity contribution in [3.05, 3.63) is 100.0 Å². The molecule has 0 aliphatic carbocycles. The minimum absolute atomic E-state index is 0.0803. The van der Waals surface area contributed by atoms with Gasteiger partial charge in [-0.05, 0) is 60.2 Å². The molecule has 1 aliphatic rings. The van der Waals surface area contributed by atoms with E-state index in [0.717, 1.165) is 61.6 Å². The quantitative estimate of drug-likeness (QED) is 0.306. The number of ketones is 1. The third-order valence-electron chi connectivity index (χ3n) is 7.21. The molecule has 1 aliphatic heterocycles. The fraction of sp³-hybridized carbons (Fsp3) is 0.323. The SMILES string of the molecule is Cc1ccc(C(=O)Cc2ccc(CN3CCN(CCO)CC3)c(C)c2)cc1C#Cc1cnc2cccnn12. The lowest BCUT2D eigenvalue weighted by atomic mass is 9.96. The van der Waals surface area contributed by atoms with Crippen LogP contribution in [0.4, 0.5) is 0 Å². The standard InChI is InChI=1S/C31H33N5O2/c1-23-5-7-27(20-26(23)9-10-29-21-32-31-4-3-11-33-36(29)31)30(38)19-25-6-8-28(24(2)18-25)22-35-14-12-34(13-15-35)16-17-37/h3-8,11,18,20-21,37H,12-17,19,22H2,1-2H3. The second kappa shape index (κ2) is 11.7. The van der Waals surface area contributed by atoms with Gasteiger partial charge in [0, 0.05) is 63.0 Å². The predicted molar refractivity (Wildman–Crippen MR) is 148 cm³/mol. The van der Waals surface area contributed by atoms with Gasteiger partial charge in [-0.25, -0.2) is 9.50 Å². The van der Waals surface area contributed by atoms with Crippen molar-refractivity contribution >= 4 is 11.4 Å². The van der Waals surface area contributed by atoms with E-state index in [9.17, 15) is 4.79 Å². The van der Waals surface area contributed by atoms with E-state index in [-0.39, 0.29) is 12.4 Å². The molecular weight excluding hydrogens is 474 g/mol. The molecule has 7 nitrogen and oxygen atoms in total. The second-order valence-electron chi connectivity index (χ2n) is 9.92. The number of carbonyl (C=O) groups excluding carboxylic acids is 1. The van der Waals surface area contributed by atoms with Crippen LogP contribution >= 0.6 is 0 Å². The minimum atomic E-state index is 0.0803. The number of piperazine rings is 1. The normalized spacial score (nSPS) is 14.4. The van der Waals surface area contributed by atoms with Crippen molar-refractivity contribution in [3.8, 4) is 11.8 Å². The number of benzene rings is 2. The molecule has 1 saturated heterocycles. The minimum Gasteiger partial charge on any atom is -0.395 e. The molecule has 5 rings (SSSR count). The van der Waals surface area contributed by atoms with Crippen LogP contribution in [-0.2, 0) is 13.0 Å². The zero-order valence-corrected chi connectivity index (χ0v) is 22.0. The number of fused-ring (bicyclic) bond motifs is 1. The first-order valence-corrected chi connectivity index (χ1v) is 13.1. The Labute approximate surface area is 223 Å². The summed E-state index contributed by atoms with van der Waals surface area (Å²) in [5, 5.41) is 13.5. The van der Waals surface area contributed by atoms with Crippen molar-refractivity contribution in [1.82, 2.24) is 24.4 Å². The van der Waals surface area contributed by atoms with Crippen molar-refractivity contribution in [1.29, 1.82) is 0 Å². The molecule has 194 valence electrons. The molecule has 0 atom stereocenters. The Kier molecular flexibility index (Phi) is 7.94. The van der Waals surface area contributed by atoms with Crippen LogP contribution in [-0.4, -0.2) is 74.6 Å². The van der Waals surface area contributed by atoms with E-state index in [1.807, 2.05) is 37.3 Å². The predicted octanol–water partition coefficient (Wildman–Crippen LogP) is 3.28. The third kappa shape index (κ3) is 6.00. The van der Waals surface area contributed by atoms with Gasteiger partial charge in [0.15, 0.2) is 11.4 Å². The number of aryl methyl sites for hydroxylation is 2. The van der Waals surface area contributed by atoms with Gasteiger partial charge in [0.25, 0.3) is 0 Å². The Morgan fingerprint density at radius 1 is 0.974 bits per heavy atom. The molecule has 0 amide bonds. The molecule has 0 saturated carbocycles. The van der Waals surface area contributed by atoms with Crippen molar-refractivity contribution in [2.24, 2.45) is 0 Å². The van der Waals surface area contributed by atoms with Crippen LogP contribution in [0.1, 0.15) is 43.9 Å². The number of aliphatic hydroxyl groups is 1. The highest BCUT2D eigenvalue weighted by molar-refractivity contribution is 5.98. The largest absolute Gasteiger partial charge is 0.395 e. The van der Waals surface area contributed by atoms with Crippen LogP contribution in [0.15, 0.2) is 60.9 Å². The van der Waals surface area contributed by atoms with Gasteiger partial charge in [0.1, 0.15) is 5.69 Å². The van der Waals surface area contributed by atoms with Gasteiger partial charge < -0.3 is 5.11 Å². The summed E-state index contributed by atoms with van der Waals surface area (Å²) in [7, 11) is 0. The Morgan fingerprint density at radius 2 is 1.79 bits per heavy atom. The lowest BCUT2D eigenvalue weighted by Gasteiger charge is -2.34. The number of β-amino-alcohol motifs (C(OH)–C–C–N with tert-alkyl or cyclic N) is 1. The number of imidazole rings is 1. The Balaban J connectivity index is 1.25. The summed E-state index contributed by atoms with van der Waals surface area (Å²) in [6.45, 7) is 10.0. The van der Waals surface area contributed by atoms with Crippen LogP contribution in [0.3, 0.4) is 0 Å². The third-order valence-corrected chi connectivity index (χ3v) is 7.21. The van der Waals surface area contributed by atoms with E-state index in [0.29, 0.717) is 17.7 Å². The molecular formula is C31H33N5O2. The number of Topliss-reactive ketones (excluding diaryl/α,β-unsaturated/α-hetero) is 1. The number of aliphatic hydroxyl groups excluding tert-OH is 1. The second-order valence-corrected chi connectivity index (χ2v) is 9.92. The summed E-state index contributed by atoms with van der Waals surface area (Å²) in [6, 6.07) is 15.8. The van der Waals surface area contributed by atoms with E-state index < -0.39 is 0 Å². The highest BCUT2D eigenvalue weighted by Gasteiger charge is 2.17. The average Bonchev–Trinajstić information content (AvgIpc) is 3.34. The summed E-state index contributed by atoms with van der Waals surface area (Å²) in [6.07, 6.45) is 3.77. The topological polar surface area (TPSA) is 74.0 Å². The van der Waals surface area contributed by atoms with Crippen LogP contribution in [0.5, 0.6) is 0 Å². The molecule has 0 unspecified atom stereocenters. The van der Waals surface area contributed by atoms with Gasteiger partial charge >= 0.3 is 0 Å². The van der Waals surface area contributed by atoms with E-state index in [1.54, 1.807) is 16.9 Å². The van der Waals surface area contributed by atoms with Gasteiger partial charge in [-0.3, -0.25) is 14.6 Å². The number of rotatable bonds is 7. The van der Waals surface area contributed by atoms with E-state index in [1.165, 1.54) is 11.1 Å². The maximum atomic E-state index is 13.2. The van der Waals surface area contributed by atoms with E-state index in [4.69, 9.17) is 5.11 Å². The first kappa shape index (κ1) is 25.8. The molecule has 3 heterocycles. The smallest absolute Gasteiger partial charge is 0.167 e. The summed E-state index contributed by atoms with van der Waals surface area (Å²) in [4.78, 5) is 22.3. The number of nitrogens with zero attached hydrogens (tertiary/aromatic N) is 5. The van der Waals surface area contributed by atoms with Crippen LogP contribution in [0.25, 0.3) is 5.65 Å². The van der Waals surface area contributed by atoms with Crippen molar-refractivity contribution in [2.75, 3.05) is 39.3 Å². The number of carbonyl (C=O) groups is 1. The maximum Gasteiger partial charge on any atom is 0.167 e. The zero-order chi connectivity index (χ0) is 26.5. The fourth-order valence-electron chi connectivity index (χ4n) is 4.86. The van der Waals surface area contributed by atoms with Crippen molar-refractivity contribution in [2.45, 2.75) is 26.8 Å². The van der Waals surface area contributed by atoms with Gasteiger partial charge in [-0.1, -0.05) is 36.3 Å². The summed E-state index contributed by atoms with van der Waals surface area (Å²) >= 11 is 0. The first-order chi connectivity index (χ1) is 18.5. The molecule has 4 aromatic rings. The van der Waals surface area contributed by atoms with Gasteiger partial charge in [0.2, 0.25) is 0 Å². The number of hydrogen-bond donors (Lipinski definition) is 1. The number of hydrogen-bond acceptors (Lipinski definition) is 6. The lowest BCUT2D eigenvalue weighted by molar-refractivity contribution is 0.0993. The molecule has 2 aromatic heterocycles. The molecule has 2 aromatic carbocycles. The van der Waals surface area contributed by atoms with Gasteiger partial charge in [-0.2, -0.15) is 5.10 Å². The van der Waals surface area contributed by atoms with Crippen LogP contribution < -0.4 is 0 Å². The molecule has 1 fully saturated rings. The molecule has 0 spiro atoms. The van der Waals surface area contributed by atoms with E-state index >= 15 is 0 Å². The summed E-state index contributed by atoms with van der Waals surface area (Å²) in [5.74, 6) is 6.44. The number of aromatic nitrogens is 3. The van der Waals surface area contributed by atoms with Gasteiger partial charge in [0.05, 0.1) is 12.8 Å². The molecule has 0 radical (unpaired) electrons. The lowest BCUT2D eigenvalue weighted by Crippen LogP contribution is -2.46. The molecule has 7 heteroatoms. The Morgan fingerprint density at radius 3 is 2.58 bits per heavy atom. The monoisotopic (exact) mass is 507 g/mol. The first-order valence-electron chi connectivity index (χ1n) is 13.1. The molecule has 1 N–H and O–H groups in total. The fourth-order valence-corrected chi connectivity index (χ4v) is 4.86. The Hall–Kier alpha value is -3.83. The van der Waals surface area contributed by atoms with Crippen LogP contribution in [0, 0.1) is 25.7 Å². The average molecular weight is 508 g/mol. The molecule has 0 bridgehead atoms. The Bertz CT molecular complexity index is 1510. The highest BCUT2D eigenvalue weighted by atomic mass is 16.3.